The summed E-state index contributed by atoms with van der Waals surface area (Å²) in [6, 6.07) is 10.1. The summed E-state index contributed by atoms with van der Waals surface area (Å²) in [5.41, 5.74) is 2.95. The highest BCUT2D eigenvalue weighted by molar-refractivity contribution is 6.01. The number of fused-ring (bicyclic) bond motifs is 2. The highest BCUT2D eigenvalue weighted by Gasteiger charge is 2.35. The zero-order valence-electron chi connectivity index (χ0n) is 19.1. The summed E-state index contributed by atoms with van der Waals surface area (Å²) in [7, 11) is 3.47. The molecule has 4 rings (SSSR count). The first-order valence-electron chi connectivity index (χ1n) is 10.6. The molecule has 2 aromatic carbocycles. The van der Waals surface area contributed by atoms with Crippen LogP contribution in [0.5, 0.6) is 0 Å². The van der Waals surface area contributed by atoms with E-state index < -0.39 is 11.8 Å². The van der Waals surface area contributed by atoms with Gasteiger partial charge in [0.1, 0.15) is 0 Å². The van der Waals surface area contributed by atoms with Crippen molar-refractivity contribution >= 4 is 27.6 Å². The van der Waals surface area contributed by atoms with Gasteiger partial charge in [-0.3, -0.25) is 9.13 Å². The monoisotopic (exact) mass is 439 g/mol. The first kappa shape index (κ1) is 21.9. The molecule has 1 N–H and O–H groups in total. The van der Waals surface area contributed by atoms with Gasteiger partial charge in [0.15, 0.2) is 5.82 Å². The molecule has 32 heavy (non-hydrogen) atoms. The van der Waals surface area contributed by atoms with Gasteiger partial charge in [0.25, 0.3) is 5.92 Å². The van der Waals surface area contributed by atoms with E-state index in [1.54, 1.807) is 35.4 Å². The summed E-state index contributed by atoms with van der Waals surface area (Å²) in [5.74, 6) is -3.17. The van der Waals surface area contributed by atoms with Gasteiger partial charge in [0, 0.05) is 36.3 Å². The minimum atomic E-state index is -2.91. The fourth-order valence-electron chi connectivity index (χ4n) is 4.02. The number of aromatic nitrogens is 4. The van der Waals surface area contributed by atoms with Crippen molar-refractivity contribution in [3.05, 3.63) is 63.7 Å². The van der Waals surface area contributed by atoms with Crippen LogP contribution in [0.4, 0.5) is 14.6 Å². The lowest BCUT2D eigenvalue weighted by Crippen LogP contribution is -2.21. The molecule has 0 fully saturated rings. The Morgan fingerprint density at radius 1 is 0.969 bits per heavy atom. The second kappa shape index (κ2) is 7.69. The van der Waals surface area contributed by atoms with E-state index in [0.717, 1.165) is 33.1 Å². The number of alkyl halides is 2. The highest BCUT2D eigenvalue weighted by Crippen LogP contribution is 2.37. The maximum absolute atomic E-state index is 14.5. The lowest BCUT2D eigenvalue weighted by molar-refractivity contribution is -0.0514. The van der Waals surface area contributed by atoms with Crippen molar-refractivity contribution in [1.29, 1.82) is 0 Å². The van der Waals surface area contributed by atoms with Crippen molar-refractivity contribution < 1.29 is 8.78 Å². The minimum absolute atomic E-state index is 0.000470. The molecule has 0 aliphatic carbocycles. The van der Waals surface area contributed by atoms with Crippen molar-refractivity contribution in [3.63, 3.8) is 0 Å². The molecule has 6 nitrogen and oxygen atoms in total. The van der Waals surface area contributed by atoms with Gasteiger partial charge in [-0.1, -0.05) is 32.0 Å². The number of hydrogen-bond acceptors (Lipinski definition) is 4. The SMILES string of the molecule is Cc1nnc(NC(C)c2cccc(C(F)(F)C(C)C)c2)c2cc3c(cc12)n(C)c(=O)n3C. The van der Waals surface area contributed by atoms with E-state index in [2.05, 4.69) is 15.5 Å². The Bertz CT molecular complexity index is 1390. The van der Waals surface area contributed by atoms with Gasteiger partial charge in [0.2, 0.25) is 0 Å². The third kappa shape index (κ3) is 3.43. The van der Waals surface area contributed by atoms with Crippen LogP contribution in [0.3, 0.4) is 0 Å². The van der Waals surface area contributed by atoms with Gasteiger partial charge in [-0.2, -0.15) is 5.10 Å². The normalized spacial score (nSPS) is 13.3. The average molecular weight is 440 g/mol. The number of anilines is 1. The third-order valence-corrected chi connectivity index (χ3v) is 6.21. The first-order chi connectivity index (χ1) is 15.0. The van der Waals surface area contributed by atoms with Crippen LogP contribution in [0.25, 0.3) is 21.8 Å². The number of benzene rings is 2. The van der Waals surface area contributed by atoms with E-state index in [1.807, 2.05) is 32.0 Å². The van der Waals surface area contributed by atoms with Gasteiger partial charge in [0.05, 0.1) is 22.8 Å². The largest absolute Gasteiger partial charge is 0.362 e. The van der Waals surface area contributed by atoms with Crippen molar-refractivity contribution in [3.8, 4) is 0 Å². The van der Waals surface area contributed by atoms with Crippen LogP contribution in [0, 0.1) is 12.8 Å². The third-order valence-electron chi connectivity index (χ3n) is 6.21. The van der Waals surface area contributed by atoms with Gasteiger partial charge in [-0.05, 0) is 37.6 Å². The molecule has 4 aromatic rings. The second-order valence-corrected chi connectivity index (χ2v) is 8.69. The zero-order chi connectivity index (χ0) is 23.4. The van der Waals surface area contributed by atoms with Crippen LogP contribution in [0.2, 0.25) is 0 Å². The van der Waals surface area contributed by atoms with Crippen molar-refractivity contribution in [2.45, 2.75) is 39.7 Å². The number of nitrogens with one attached hydrogen (secondary N) is 1. The molecule has 1 unspecified atom stereocenters. The number of imidazole rings is 1. The molecule has 0 spiro atoms. The van der Waals surface area contributed by atoms with Gasteiger partial charge in [-0.25, -0.2) is 13.6 Å². The summed E-state index contributed by atoms with van der Waals surface area (Å²) < 4.78 is 32.3. The Morgan fingerprint density at radius 2 is 1.59 bits per heavy atom. The molecule has 0 saturated carbocycles. The first-order valence-corrected chi connectivity index (χ1v) is 10.6. The Kier molecular flexibility index (Phi) is 5.27. The van der Waals surface area contributed by atoms with Gasteiger partial charge in [-0.15, -0.1) is 5.10 Å². The summed E-state index contributed by atoms with van der Waals surface area (Å²) in [6.45, 7) is 6.80. The molecule has 0 saturated heterocycles. The van der Waals surface area contributed by atoms with E-state index in [0.29, 0.717) is 5.82 Å². The van der Waals surface area contributed by atoms with Crippen molar-refractivity contribution in [2.24, 2.45) is 20.0 Å². The molecule has 0 aliphatic heterocycles. The smallest absolute Gasteiger partial charge is 0.328 e. The summed E-state index contributed by atoms with van der Waals surface area (Å²) >= 11 is 0. The quantitative estimate of drug-likeness (QED) is 0.473. The topological polar surface area (TPSA) is 64.7 Å². The van der Waals surface area contributed by atoms with E-state index in [-0.39, 0.29) is 17.3 Å². The molecule has 0 aliphatic rings. The highest BCUT2D eigenvalue weighted by atomic mass is 19.3. The molecule has 2 aromatic heterocycles. The molecule has 168 valence electrons. The number of halogens is 2. The Hall–Kier alpha value is -3.29. The van der Waals surface area contributed by atoms with E-state index in [9.17, 15) is 13.6 Å². The predicted molar refractivity (Wildman–Crippen MR) is 123 cm³/mol. The standard InChI is InChI=1S/C24H27F2N5O/c1-13(2)24(25,26)17-9-7-8-16(10-17)14(3)27-22-19-12-21-20(30(5)23(32)31(21)6)11-18(19)15(4)28-29-22/h7-14H,1-6H3,(H,27,29). The number of rotatable bonds is 5. The minimum Gasteiger partial charge on any atom is -0.362 e. The Balaban J connectivity index is 1.78. The summed E-state index contributed by atoms with van der Waals surface area (Å²) in [5, 5.41) is 13.6. The maximum Gasteiger partial charge on any atom is 0.328 e. The number of hydrogen-bond donors (Lipinski definition) is 1. The fourth-order valence-corrected chi connectivity index (χ4v) is 4.02. The maximum atomic E-state index is 14.5. The molecule has 8 heteroatoms. The van der Waals surface area contributed by atoms with Crippen LogP contribution < -0.4 is 11.0 Å². The molecule has 0 bridgehead atoms. The lowest BCUT2D eigenvalue weighted by atomic mass is 9.95. The number of aryl methyl sites for hydroxylation is 3. The van der Waals surface area contributed by atoms with Crippen molar-refractivity contribution in [2.75, 3.05) is 5.32 Å². The van der Waals surface area contributed by atoms with Crippen LogP contribution >= 0.6 is 0 Å². The molecule has 1 atom stereocenters. The summed E-state index contributed by atoms with van der Waals surface area (Å²) in [6.07, 6.45) is 0. The van der Waals surface area contributed by atoms with E-state index in [1.165, 1.54) is 19.9 Å². The van der Waals surface area contributed by atoms with Crippen LogP contribution in [0.1, 0.15) is 43.6 Å². The van der Waals surface area contributed by atoms with Crippen LogP contribution in [-0.4, -0.2) is 19.3 Å². The van der Waals surface area contributed by atoms with Gasteiger partial charge >= 0.3 is 5.69 Å². The second-order valence-electron chi connectivity index (χ2n) is 8.69. The fraction of sp³-hybridized carbons (Fsp3) is 0.375. The molecule has 0 radical (unpaired) electrons. The molecule has 2 heterocycles. The van der Waals surface area contributed by atoms with Crippen LogP contribution in [-0.2, 0) is 20.0 Å². The predicted octanol–water partition coefficient (Wildman–Crippen LogP) is 5.05. The van der Waals surface area contributed by atoms with Crippen LogP contribution in [0.15, 0.2) is 41.2 Å². The summed E-state index contributed by atoms with van der Waals surface area (Å²) in [4.78, 5) is 12.4. The Morgan fingerprint density at radius 3 is 2.22 bits per heavy atom. The zero-order valence-corrected chi connectivity index (χ0v) is 19.1. The molecule has 0 amide bonds. The molecular weight excluding hydrogens is 412 g/mol. The average Bonchev–Trinajstić information content (AvgIpc) is 2.98. The lowest BCUT2D eigenvalue weighted by Gasteiger charge is -2.23. The van der Waals surface area contributed by atoms with E-state index >= 15 is 0 Å². The Labute approximate surface area is 184 Å². The number of nitrogens with zero attached hydrogens (tertiary/aromatic N) is 4. The van der Waals surface area contributed by atoms with Crippen molar-refractivity contribution in [1.82, 2.24) is 19.3 Å². The van der Waals surface area contributed by atoms with E-state index in [4.69, 9.17) is 0 Å². The molecular formula is C24H27F2N5O. The van der Waals surface area contributed by atoms with Gasteiger partial charge < -0.3 is 5.32 Å².